The van der Waals surface area contributed by atoms with Gasteiger partial charge in [0.1, 0.15) is 5.82 Å². The van der Waals surface area contributed by atoms with E-state index in [1.165, 1.54) is 21.3 Å². The van der Waals surface area contributed by atoms with Crippen molar-refractivity contribution in [2.24, 2.45) is 0 Å². The lowest BCUT2D eigenvalue weighted by Gasteiger charge is -2.13. The van der Waals surface area contributed by atoms with Crippen LogP contribution in [0.25, 0.3) is 11.2 Å². The second-order valence-electron chi connectivity index (χ2n) is 6.01. The molecule has 0 aliphatic heterocycles. The molecule has 0 spiro atoms. The summed E-state index contributed by atoms with van der Waals surface area (Å²) in [5.74, 6) is -0.674. The highest BCUT2D eigenvalue weighted by Crippen LogP contribution is 2.08. The Hall–Kier alpha value is -3.29. The minimum Gasteiger partial charge on any atom is -0.352 e. The zero-order valence-electron chi connectivity index (χ0n) is 14.8. The first-order valence-corrected chi connectivity index (χ1v) is 8.60. The van der Waals surface area contributed by atoms with Gasteiger partial charge in [0, 0.05) is 32.3 Å². The maximum atomic E-state index is 13.2. The molecule has 1 aromatic carbocycles. The van der Waals surface area contributed by atoms with E-state index in [0.717, 1.165) is 0 Å². The number of fused-ring (bicyclic) bond motifs is 1. The molecule has 1 N–H and O–H groups in total. The Morgan fingerprint density at radius 3 is 2.67 bits per heavy atom. The number of aryl methyl sites for hydroxylation is 2. The number of hydrogen-bond acceptors (Lipinski definition) is 4. The average Bonchev–Trinajstić information content (AvgIpc) is 2.67. The fourth-order valence-electron chi connectivity index (χ4n) is 2.91. The molecule has 0 atom stereocenters. The highest BCUT2D eigenvalue weighted by molar-refractivity contribution is 5.76. The molecular weight excluding hydrogens is 351 g/mol. The van der Waals surface area contributed by atoms with Gasteiger partial charge in [-0.3, -0.25) is 19.0 Å². The van der Waals surface area contributed by atoms with Crippen LogP contribution in [0.3, 0.4) is 0 Å². The molecule has 1 amide bonds. The monoisotopic (exact) mass is 370 g/mol. The van der Waals surface area contributed by atoms with Gasteiger partial charge < -0.3 is 9.88 Å². The van der Waals surface area contributed by atoms with Gasteiger partial charge in [0.15, 0.2) is 5.65 Å². The van der Waals surface area contributed by atoms with Crippen LogP contribution in [0.4, 0.5) is 4.39 Å². The number of amides is 1. The van der Waals surface area contributed by atoms with Gasteiger partial charge in [0.2, 0.25) is 5.91 Å². The summed E-state index contributed by atoms with van der Waals surface area (Å²) in [7, 11) is 0. The second kappa shape index (κ2) is 7.94. The zero-order valence-corrected chi connectivity index (χ0v) is 14.8. The van der Waals surface area contributed by atoms with Gasteiger partial charge in [-0.05, 0) is 36.8 Å². The van der Waals surface area contributed by atoms with Crippen LogP contribution in [0.5, 0.6) is 0 Å². The highest BCUT2D eigenvalue weighted by atomic mass is 19.1. The van der Waals surface area contributed by atoms with E-state index in [4.69, 9.17) is 0 Å². The molecular formula is C19H19FN4O3. The molecule has 2 aromatic heterocycles. The minimum absolute atomic E-state index is 0.00873. The first kappa shape index (κ1) is 18.5. The van der Waals surface area contributed by atoms with Crippen LogP contribution in [0.2, 0.25) is 0 Å². The Morgan fingerprint density at radius 1 is 1.15 bits per heavy atom. The number of halogens is 1. The molecule has 0 bridgehead atoms. The van der Waals surface area contributed by atoms with E-state index >= 15 is 0 Å². The van der Waals surface area contributed by atoms with Crippen molar-refractivity contribution < 1.29 is 9.18 Å². The fraction of sp³-hybridized carbons (Fsp3) is 0.263. The summed E-state index contributed by atoms with van der Waals surface area (Å²) in [5, 5.41) is 2.68. The highest BCUT2D eigenvalue weighted by Gasteiger charge is 2.13. The van der Waals surface area contributed by atoms with Gasteiger partial charge >= 0.3 is 11.1 Å². The molecule has 3 aromatic rings. The lowest BCUT2D eigenvalue weighted by Crippen LogP contribution is -2.42. The largest absolute Gasteiger partial charge is 0.352 e. The van der Waals surface area contributed by atoms with Crippen LogP contribution in [-0.2, 0) is 24.4 Å². The standard InChI is InChI=1S/C19H19FN4O3/c1-2-23-17-15(7-4-9-21-17)24(19(27)18(23)26)10-8-16(25)22-12-13-5-3-6-14(20)11-13/h3-7,9,11H,2,8,10,12H2,1H3,(H,22,25). The molecule has 2 heterocycles. The SMILES string of the molecule is CCn1c(=O)c(=O)n(CCC(=O)NCc2cccc(F)c2)c2cccnc21. The van der Waals surface area contributed by atoms with Crippen molar-refractivity contribution in [1.82, 2.24) is 19.4 Å². The van der Waals surface area contributed by atoms with Crippen molar-refractivity contribution in [2.75, 3.05) is 0 Å². The fourth-order valence-corrected chi connectivity index (χ4v) is 2.91. The van der Waals surface area contributed by atoms with Gasteiger partial charge in [0.05, 0.1) is 5.52 Å². The number of carbonyl (C=O) groups is 1. The number of pyridine rings is 1. The summed E-state index contributed by atoms with van der Waals surface area (Å²) in [6.45, 7) is 2.33. The molecule has 0 saturated heterocycles. The molecule has 0 aliphatic carbocycles. The van der Waals surface area contributed by atoms with Gasteiger partial charge in [-0.2, -0.15) is 0 Å². The predicted molar refractivity (Wildman–Crippen MR) is 98.8 cm³/mol. The van der Waals surface area contributed by atoms with Crippen molar-refractivity contribution in [3.63, 3.8) is 0 Å². The topological polar surface area (TPSA) is 86.0 Å². The molecule has 7 nitrogen and oxygen atoms in total. The van der Waals surface area contributed by atoms with E-state index < -0.39 is 11.1 Å². The number of nitrogens with zero attached hydrogens (tertiary/aromatic N) is 3. The summed E-state index contributed by atoms with van der Waals surface area (Å²) in [4.78, 5) is 41.0. The predicted octanol–water partition coefficient (Wildman–Crippen LogP) is 1.42. The third kappa shape index (κ3) is 3.94. The third-order valence-electron chi connectivity index (χ3n) is 4.24. The van der Waals surface area contributed by atoms with Crippen LogP contribution in [0, 0.1) is 5.82 Å². The number of benzene rings is 1. The molecule has 0 radical (unpaired) electrons. The van der Waals surface area contributed by atoms with Crippen LogP contribution in [0.1, 0.15) is 18.9 Å². The number of rotatable bonds is 6. The van der Waals surface area contributed by atoms with E-state index in [-0.39, 0.29) is 31.2 Å². The maximum absolute atomic E-state index is 13.2. The molecule has 0 unspecified atom stereocenters. The van der Waals surface area contributed by atoms with E-state index in [1.807, 2.05) is 0 Å². The van der Waals surface area contributed by atoms with Crippen molar-refractivity contribution >= 4 is 17.1 Å². The average molecular weight is 370 g/mol. The summed E-state index contributed by atoms with van der Waals surface area (Å²) < 4.78 is 15.8. The normalized spacial score (nSPS) is 10.9. The summed E-state index contributed by atoms with van der Waals surface area (Å²) in [5.41, 5.74) is 0.200. The Balaban J connectivity index is 1.77. The lowest BCUT2D eigenvalue weighted by molar-refractivity contribution is -0.121. The van der Waals surface area contributed by atoms with Gasteiger partial charge in [0.25, 0.3) is 0 Å². The zero-order chi connectivity index (χ0) is 19.4. The minimum atomic E-state index is -0.685. The van der Waals surface area contributed by atoms with Crippen molar-refractivity contribution in [1.29, 1.82) is 0 Å². The molecule has 140 valence electrons. The van der Waals surface area contributed by atoms with E-state index in [2.05, 4.69) is 10.3 Å². The molecule has 27 heavy (non-hydrogen) atoms. The number of hydrogen-bond donors (Lipinski definition) is 1. The van der Waals surface area contributed by atoms with Crippen molar-refractivity contribution in [3.05, 3.63) is 74.7 Å². The Bertz CT molecular complexity index is 1100. The molecule has 3 rings (SSSR count). The molecule has 0 aliphatic rings. The Kier molecular flexibility index (Phi) is 5.44. The molecule has 0 saturated carbocycles. The molecule has 0 fully saturated rings. The lowest BCUT2D eigenvalue weighted by atomic mass is 10.2. The Labute approximate surface area is 154 Å². The summed E-state index contributed by atoms with van der Waals surface area (Å²) >= 11 is 0. The van der Waals surface area contributed by atoms with Crippen molar-refractivity contribution in [2.45, 2.75) is 33.0 Å². The smallest absolute Gasteiger partial charge is 0.318 e. The maximum Gasteiger partial charge on any atom is 0.318 e. The van der Waals surface area contributed by atoms with E-state index in [1.54, 1.807) is 37.4 Å². The molecule has 8 heteroatoms. The quantitative estimate of drug-likeness (QED) is 0.665. The van der Waals surface area contributed by atoms with Crippen molar-refractivity contribution in [3.8, 4) is 0 Å². The van der Waals surface area contributed by atoms with E-state index in [9.17, 15) is 18.8 Å². The van der Waals surface area contributed by atoms with Crippen LogP contribution >= 0.6 is 0 Å². The number of carbonyl (C=O) groups excluding carboxylic acids is 1. The first-order chi connectivity index (χ1) is 13.0. The third-order valence-corrected chi connectivity index (χ3v) is 4.24. The summed E-state index contributed by atoms with van der Waals surface area (Å²) in [6.07, 6.45) is 1.56. The number of aromatic nitrogens is 3. The van der Waals surface area contributed by atoms with Gasteiger partial charge in [-0.25, -0.2) is 9.37 Å². The first-order valence-electron chi connectivity index (χ1n) is 8.60. The van der Waals surface area contributed by atoms with Crippen LogP contribution in [-0.4, -0.2) is 20.0 Å². The van der Waals surface area contributed by atoms with Gasteiger partial charge in [-0.15, -0.1) is 0 Å². The van der Waals surface area contributed by atoms with Gasteiger partial charge in [-0.1, -0.05) is 12.1 Å². The second-order valence-corrected chi connectivity index (χ2v) is 6.01. The Morgan fingerprint density at radius 2 is 1.93 bits per heavy atom. The summed E-state index contributed by atoms with van der Waals surface area (Å²) in [6, 6.07) is 9.31. The van der Waals surface area contributed by atoms with Crippen LogP contribution < -0.4 is 16.4 Å². The number of nitrogens with one attached hydrogen (secondary N) is 1. The van der Waals surface area contributed by atoms with Crippen LogP contribution in [0.15, 0.2) is 52.2 Å². The van der Waals surface area contributed by atoms with E-state index in [0.29, 0.717) is 23.3 Å².